The van der Waals surface area contributed by atoms with Crippen molar-refractivity contribution in [2.75, 3.05) is 18.5 Å². The molecule has 6 heteroatoms. The van der Waals surface area contributed by atoms with Crippen LogP contribution in [-0.4, -0.2) is 41.2 Å². The van der Waals surface area contributed by atoms with Crippen molar-refractivity contribution in [2.24, 2.45) is 0 Å². The SMILES string of the molecule is O=C(Nc1ccc2scnc2c1)N1CCC[C@@H]1[C@H]1CCCO1. The van der Waals surface area contributed by atoms with Gasteiger partial charge in [0.25, 0.3) is 0 Å². The molecule has 2 saturated heterocycles. The molecule has 0 spiro atoms. The van der Waals surface area contributed by atoms with Crippen molar-refractivity contribution in [3.05, 3.63) is 23.7 Å². The molecule has 2 aliphatic heterocycles. The second kappa shape index (κ2) is 5.85. The number of thiazole rings is 1. The number of fused-ring (bicyclic) bond motifs is 1. The van der Waals surface area contributed by atoms with E-state index in [4.69, 9.17) is 4.74 Å². The van der Waals surface area contributed by atoms with E-state index in [0.29, 0.717) is 0 Å². The zero-order valence-corrected chi connectivity index (χ0v) is 13.1. The maximum atomic E-state index is 12.6. The molecule has 2 amide bonds. The van der Waals surface area contributed by atoms with Crippen LogP contribution in [0.4, 0.5) is 10.5 Å². The minimum Gasteiger partial charge on any atom is -0.376 e. The Labute approximate surface area is 133 Å². The molecule has 116 valence electrons. The lowest BCUT2D eigenvalue weighted by Crippen LogP contribution is -2.44. The third-order valence-corrected chi connectivity index (χ3v) is 5.35. The Bertz CT molecular complexity index is 681. The van der Waals surface area contributed by atoms with Gasteiger partial charge in [-0.3, -0.25) is 0 Å². The number of urea groups is 1. The molecule has 1 aromatic carbocycles. The number of nitrogens with one attached hydrogen (secondary N) is 1. The number of nitrogens with zero attached hydrogens (tertiary/aromatic N) is 2. The third kappa shape index (κ3) is 2.57. The smallest absolute Gasteiger partial charge is 0.322 e. The fourth-order valence-corrected chi connectivity index (χ4v) is 4.13. The first-order valence-corrected chi connectivity index (χ1v) is 8.72. The predicted octanol–water partition coefficient (Wildman–Crippen LogP) is 3.47. The highest BCUT2D eigenvalue weighted by Crippen LogP contribution is 2.29. The number of amides is 2. The summed E-state index contributed by atoms with van der Waals surface area (Å²) in [6.45, 7) is 1.65. The van der Waals surface area contributed by atoms with Crippen LogP contribution in [0.1, 0.15) is 25.7 Å². The first kappa shape index (κ1) is 14.0. The number of hydrogen-bond acceptors (Lipinski definition) is 4. The average Bonchev–Trinajstić information content (AvgIpc) is 3.26. The molecule has 2 aromatic rings. The Hall–Kier alpha value is -1.66. The molecular formula is C16H19N3O2S. The number of likely N-dealkylation sites (tertiary alicyclic amines) is 1. The lowest BCUT2D eigenvalue weighted by molar-refractivity contribution is 0.0543. The number of hydrogen-bond donors (Lipinski definition) is 1. The number of rotatable bonds is 2. The molecule has 0 aliphatic carbocycles. The maximum absolute atomic E-state index is 12.6. The van der Waals surface area contributed by atoms with Crippen molar-refractivity contribution in [3.8, 4) is 0 Å². The highest BCUT2D eigenvalue weighted by Gasteiger charge is 2.36. The number of aromatic nitrogens is 1. The Kier molecular flexibility index (Phi) is 3.72. The number of anilines is 1. The van der Waals surface area contributed by atoms with Gasteiger partial charge in [-0.05, 0) is 43.9 Å². The highest BCUT2D eigenvalue weighted by molar-refractivity contribution is 7.16. The summed E-state index contributed by atoms with van der Waals surface area (Å²) in [4.78, 5) is 18.8. The van der Waals surface area contributed by atoms with Crippen LogP contribution in [0.15, 0.2) is 23.7 Å². The van der Waals surface area contributed by atoms with Gasteiger partial charge in [-0.2, -0.15) is 0 Å². The summed E-state index contributed by atoms with van der Waals surface area (Å²) in [5.74, 6) is 0. The summed E-state index contributed by atoms with van der Waals surface area (Å²) in [5.41, 5.74) is 3.56. The summed E-state index contributed by atoms with van der Waals surface area (Å²) < 4.78 is 6.92. The van der Waals surface area contributed by atoms with Gasteiger partial charge in [0, 0.05) is 18.8 Å². The zero-order chi connectivity index (χ0) is 14.9. The number of benzene rings is 1. The molecule has 0 saturated carbocycles. The number of carbonyl (C=O) groups is 1. The van der Waals surface area contributed by atoms with Crippen LogP contribution in [-0.2, 0) is 4.74 Å². The van der Waals surface area contributed by atoms with Crippen LogP contribution >= 0.6 is 11.3 Å². The average molecular weight is 317 g/mol. The second-order valence-corrected chi connectivity index (χ2v) is 6.81. The van der Waals surface area contributed by atoms with Crippen molar-refractivity contribution in [3.63, 3.8) is 0 Å². The fraction of sp³-hybridized carbons (Fsp3) is 0.500. The maximum Gasteiger partial charge on any atom is 0.322 e. The van der Waals surface area contributed by atoms with Crippen molar-refractivity contribution < 1.29 is 9.53 Å². The fourth-order valence-electron chi connectivity index (χ4n) is 3.47. The molecule has 5 nitrogen and oxygen atoms in total. The number of carbonyl (C=O) groups excluding carboxylic acids is 1. The van der Waals surface area contributed by atoms with E-state index in [2.05, 4.69) is 10.3 Å². The minimum atomic E-state index is -0.0208. The lowest BCUT2D eigenvalue weighted by atomic mass is 10.1. The minimum absolute atomic E-state index is 0.0208. The van der Waals surface area contributed by atoms with E-state index in [1.54, 1.807) is 11.3 Å². The van der Waals surface area contributed by atoms with E-state index < -0.39 is 0 Å². The van der Waals surface area contributed by atoms with Crippen molar-refractivity contribution >= 4 is 33.3 Å². The molecule has 0 unspecified atom stereocenters. The molecule has 0 radical (unpaired) electrons. The summed E-state index contributed by atoms with van der Waals surface area (Å²) >= 11 is 1.61. The molecule has 2 atom stereocenters. The Balaban J connectivity index is 1.48. The van der Waals surface area contributed by atoms with Gasteiger partial charge < -0.3 is 15.0 Å². The van der Waals surface area contributed by atoms with Crippen LogP contribution in [0, 0.1) is 0 Å². The summed E-state index contributed by atoms with van der Waals surface area (Å²) in [6.07, 6.45) is 4.50. The molecular weight excluding hydrogens is 298 g/mol. The Morgan fingerprint density at radius 2 is 2.32 bits per heavy atom. The van der Waals surface area contributed by atoms with Gasteiger partial charge >= 0.3 is 6.03 Å². The monoisotopic (exact) mass is 317 g/mol. The van der Waals surface area contributed by atoms with Gasteiger partial charge in [-0.1, -0.05) is 0 Å². The van der Waals surface area contributed by atoms with Gasteiger partial charge in [0.15, 0.2) is 0 Å². The predicted molar refractivity (Wildman–Crippen MR) is 87.3 cm³/mol. The summed E-state index contributed by atoms with van der Waals surface area (Å²) in [6, 6.07) is 6.08. The topological polar surface area (TPSA) is 54.5 Å². The van der Waals surface area contributed by atoms with Crippen LogP contribution in [0.3, 0.4) is 0 Å². The quantitative estimate of drug-likeness (QED) is 0.922. The molecule has 1 N–H and O–H groups in total. The van der Waals surface area contributed by atoms with E-state index >= 15 is 0 Å². The normalized spacial score (nSPS) is 25.0. The van der Waals surface area contributed by atoms with Crippen molar-refractivity contribution in [1.82, 2.24) is 9.88 Å². The van der Waals surface area contributed by atoms with E-state index in [1.807, 2.05) is 28.6 Å². The molecule has 1 aromatic heterocycles. The molecule has 4 rings (SSSR count). The Morgan fingerprint density at radius 3 is 3.18 bits per heavy atom. The van der Waals surface area contributed by atoms with Crippen molar-refractivity contribution in [2.45, 2.75) is 37.8 Å². The van der Waals surface area contributed by atoms with Crippen LogP contribution in [0.2, 0.25) is 0 Å². The van der Waals surface area contributed by atoms with Crippen LogP contribution in [0.5, 0.6) is 0 Å². The van der Waals surface area contributed by atoms with Gasteiger partial charge in [-0.25, -0.2) is 9.78 Å². The van der Waals surface area contributed by atoms with Gasteiger partial charge in [0.2, 0.25) is 0 Å². The molecule has 2 aliphatic rings. The van der Waals surface area contributed by atoms with Crippen LogP contribution in [0.25, 0.3) is 10.2 Å². The molecule has 3 heterocycles. The van der Waals surface area contributed by atoms with Crippen LogP contribution < -0.4 is 5.32 Å². The third-order valence-electron chi connectivity index (χ3n) is 4.54. The summed E-state index contributed by atoms with van der Waals surface area (Å²) in [7, 11) is 0. The standard InChI is InChI=1S/C16H19N3O2S/c20-16(18-11-5-6-15-12(9-11)17-10-22-15)19-7-1-3-13(19)14-4-2-8-21-14/h5-6,9-10,13-14H,1-4,7-8H2,(H,18,20)/t13-,14-/m1/s1. The molecule has 22 heavy (non-hydrogen) atoms. The van der Waals surface area contributed by atoms with Gasteiger partial charge in [-0.15, -0.1) is 11.3 Å². The highest BCUT2D eigenvalue weighted by atomic mass is 32.1. The second-order valence-electron chi connectivity index (χ2n) is 5.92. The van der Waals surface area contributed by atoms with E-state index in [0.717, 1.165) is 54.7 Å². The van der Waals surface area contributed by atoms with E-state index in [-0.39, 0.29) is 18.2 Å². The largest absolute Gasteiger partial charge is 0.376 e. The van der Waals surface area contributed by atoms with E-state index in [1.165, 1.54) is 0 Å². The van der Waals surface area contributed by atoms with Gasteiger partial charge in [0.05, 0.1) is 27.9 Å². The Morgan fingerprint density at radius 1 is 1.36 bits per heavy atom. The van der Waals surface area contributed by atoms with Crippen molar-refractivity contribution in [1.29, 1.82) is 0 Å². The first-order valence-electron chi connectivity index (χ1n) is 7.84. The first-order chi connectivity index (χ1) is 10.8. The molecule has 2 fully saturated rings. The van der Waals surface area contributed by atoms with E-state index in [9.17, 15) is 4.79 Å². The zero-order valence-electron chi connectivity index (χ0n) is 12.3. The summed E-state index contributed by atoms with van der Waals surface area (Å²) in [5, 5.41) is 3.02. The van der Waals surface area contributed by atoms with Gasteiger partial charge in [0.1, 0.15) is 0 Å². The molecule has 0 bridgehead atoms. The number of ether oxygens (including phenoxy) is 1. The lowest BCUT2D eigenvalue weighted by Gasteiger charge is -2.29.